The van der Waals surface area contributed by atoms with Gasteiger partial charge in [-0.15, -0.1) is 6.58 Å². The van der Waals surface area contributed by atoms with Crippen molar-refractivity contribution in [3.8, 4) is 0 Å². The molecule has 1 N–H and O–H groups in total. The Hall–Kier alpha value is -0.830. The zero-order chi connectivity index (χ0) is 8.85. The van der Waals surface area contributed by atoms with E-state index in [0.717, 1.165) is 6.42 Å². The minimum atomic E-state index is -0.243. The summed E-state index contributed by atoms with van der Waals surface area (Å²) in [6.07, 6.45) is 3.05. The number of carbonyl (C=O) groups excluding carboxylic acids is 1. The largest absolute Gasteiger partial charge is 0.286 e. The average molecular weight is 157 g/mol. The highest BCUT2D eigenvalue weighted by atomic mass is 16.5. The van der Waals surface area contributed by atoms with Crippen molar-refractivity contribution in [2.45, 2.75) is 19.8 Å². The number of rotatable bonds is 4. The summed E-state index contributed by atoms with van der Waals surface area (Å²) in [4.78, 5) is 11.1. The molecule has 0 radical (unpaired) electrons. The van der Waals surface area contributed by atoms with Crippen molar-refractivity contribution in [2.75, 3.05) is 7.05 Å². The SMILES string of the molecule is C=CC[C@H](CC)C(=O)N(C)O. The first-order valence-corrected chi connectivity index (χ1v) is 3.70. The molecule has 64 valence electrons. The van der Waals surface area contributed by atoms with Crippen molar-refractivity contribution >= 4 is 5.91 Å². The van der Waals surface area contributed by atoms with E-state index < -0.39 is 0 Å². The number of nitrogens with zero attached hydrogens (tertiary/aromatic N) is 1. The Morgan fingerprint density at radius 3 is 2.64 bits per heavy atom. The highest BCUT2D eigenvalue weighted by molar-refractivity contribution is 5.77. The van der Waals surface area contributed by atoms with Crippen LogP contribution in [0.3, 0.4) is 0 Å². The zero-order valence-corrected chi connectivity index (χ0v) is 7.08. The van der Waals surface area contributed by atoms with Crippen LogP contribution in [-0.4, -0.2) is 23.2 Å². The van der Waals surface area contributed by atoms with Crippen molar-refractivity contribution < 1.29 is 10.0 Å². The van der Waals surface area contributed by atoms with Gasteiger partial charge in [-0.1, -0.05) is 13.0 Å². The number of amides is 1. The molecule has 3 heteroatoms. The lowest BCUT2D eigenvalue weighted by Crippen LogP contribution is -2.29. The van der Waals surface area contributed by atoms with Crippen molar-refractivity contribution in [2.24, 2.45) is 5.92 Å². The number of hydrogen-bond donors (Lipinski definition) is 1. The second-order valence-corrected chi connectivity index (χ2v) is 2.49. The Bertz CT molecular complexity index is 143. The van der Waals surface area contributed by atoms with Crippen LogP contribution in [0.15, 0.2) is 12.7 Å². The highest BCUT2D eigenvalue weighted by Gasteiger charge is 2.17. The molecule has 0 saturated carbocycles. The Labute approximate surface area is 67.3 Å². The molecule has 0 heterocycles. The van der Waals surface area contributed by atoms with Crippen molar-refractivity contribution in [3.63, 3.8) is 0 Å². The first-order chi connectivity index (χ1) is 5.13. The molecule has 0 unspecified atom stereocenters. The van der Waals surface area contributed by atoms with Crippen molar-refractivity contribution in [3.05, 3.63) is 12.7 Å². The van der Waals surface area contributed by atoms with Crippen LogP contribution in [0.2, 0.25) is 0 Å². The molecule has 11 heavy (non-hydrogen) atoms. The molecule has 0 aliphatic rings. The van der Waals surface area contributed by atoms with Gasteiger partial charge in [-0.05, 0) is 12.8 Å². The van der Waals surface area contributed by atoms with E-state index in [2.05, 4.69) is 6.58 Å². The van der Waals surface area contributed by atoms with Crippen LogP contribution in [-0.2, 0) is 4.79 Å². The number of hydroxylamine groups is 2. The Kier molecular flexibility index (Phi) is 4.54. The van der Waals surface area contributed by atoms with Crippen molar-refractivity contribution in [1.82, 2.24) is 5.06 Å². The molecule has 3 nitrogen and oxygen atoms in total. The number of hydrogen-bond acceptors (Lipinski definition) is 2. The molecular weight excluding hydrogens is 142 g/mol. The van der Waals surface area contributed by atoms with Crippen LogP contribution >= 0.6 is 0 Å². The lowest BCUT2D eigenvalue weighted by molar-refractivity contribution is -0.164. The van der Waals surface area contributed by atoms with Gasteiger partial charge in [-0.2, -0.15) is 0 Å². The number of allylic oxidation sites excluding steroid dienone is 1. The van der Waals surface area contributed by atoms with Crippen LogP contribution in [0, 0.1) is 5.92 Å². The van der Waals surface area contributed by atoms with Crippen LogP contribution in [0.1, 0.15) is 19.8 Å². The summed E-state index contributed by atoms with van der Waals surface area (Å²) >= 11 is 0. The molecule has 0 spiro atoms. The van der Waals surface area contributed by atoms with E-state index in [1.807, 2.05) is 6.92 Å². The van der Waals surface area contributed by atoms with E-state index in [-0.39, 0.29) is 11.8 Å². The normalized spacial score (nSPS) is 12.3. The highest BCUT2D eigenvalue weighted by Crippen LogP contribution is 2.10. The molecule has 0 aliphatic heterocycles. The maximum atomic E-state index is 11.1. The van der Waals surface area contributed by atoms with Gasteiger partial charge in [0.05, 0.1) is 0 Å². The van der Waals surface area contributed by atoms with E-state index in [4.69, 9.17) is 5.21 Å². The summed E-state index contributed by atoms with van der Waals surface area (Å²) < 4.78 is 0. The van der Waals surface area contributed by atoms with Gasteiger partial charge in [0.15, 0.2) is 0 Å². The molecule has 1 amide bonds. The van der Waals surface area contributed by atoms with Gasteiger partial charge < -0.3 is 0 Å². The van der Waals surface area contributed by atoms with Gasteiger partial charge in [0, 0.05) is 13.0 Å². The fourth-order valence-electron chi connectivity index (χ4n) is 0.908. The predicted molar refractivity (Wildman–Crippen MR) is 43.2 cm³/mol. The molecule has 0 aromatic carbocycles. The molecule has 1 atom stereocenters. The van der Waals surface area contributed by atoms with Crippen LogP contribution < -0.4 is 0 Å². The average Bonchev–Trinajstić information content (AvgIpc) is 1.98. The summed E-state index contributed by atoms with van der Waals surface area (Å²) in [6.45, 7) is 5.45. The first-order valence-electron chi connectivity index (χ1n) is 3.70. The molecular formula is C8H15NO2. The van der Waals surface area contributed by atoms with Crippen LogP contribution in [0.5, 0.6) is 0 Å². The van der Waals surface area contributed by atoms with Gasteiger partial charge in [-0.25, -0.2) is 5.06 Å². The first kappa shape index (κ1) is 10.2. The molecule has 0 aromatic rings. The van der Waals surface area contributed by atoms with Crippen LogP contribution in [0.4, 0.5) is 0 Å². The van der Waals surface area contributed by atoms with Gasteiger partial charge in [0.25, 0.3) is 0 Å². The quantitative estimate of drug-likeness (QED) is 0.381. The van der Waals surface area contributed by atoms with Crippen molar-refractivity contribution in [1.29, 1.82) is 0 Å². The van der Waals surface area contributed by atoms with Gasteiger partial charge in [-0.3, -0.25) is 10.0 Å². The Balaban J connectivity index is 4.02. The van der Waals surface area contributed by atoms with Gasteiger partial charge in [0.2, 0.25) is 5.91 Å². The topological polar surface area (TPSA) is 40.5 Å². The van der Waals surface area contributed by atoms with E-state index in [1.165, 1.54) is 7.05 Å². The molecule has 0 aromatic heterocycles. The standard InChI is InChI=1S/C8H15NO2/c1-4-6-7(5-2)8(10)9(3)11/h4,7,11H,1,5-6H2,2-3H3/t7-/m0/s1. The summed E-state index contributed by atoms with van der Waals surface area (Å²) in [5.41, 5.74) is 0. The third-order valence-corrected chi connectivity index (χ3v) is 1.61. The van der Waals surface area contributed by atoms with E-state index >= 15 is 0 Å². The minimum Gasteiger partial charge on any atom is -0.286 e. The second-order valence-electron chi connectivity index (χ2n) is 2.49. The lowest BCUT2D eigenvalue weighted by Gasteiger charge is -2.15. The lowest BCUT2D eigenvalue weighted by atomic mass is 10.0. The summed E-state index contributed by atoms with van der Waals surface area (Å²) in [7, 11) is 1.34. The molecule has 0 fully saturated rings. The molecule has 0 bridgehead atoms. The van der Waals surface area contributed by atoms with E-state index in [0.29, 0.717) is 11.5 Å². The zero-order valence-electron chi connectivity index (χ0n) is 7.08. The summed E-state index contributed by atoms with van der Waals surface area (Å²) in [5, 5.41) is 9.44. The summed E-state index contributed by atoms with van der Waals surface area (Å²) in [6, 6.07) is 0. The fourth-order valence-corrected chi connectivity index (χ4v) is 0.908. The second kappa shape index (κ2) is 4.91. The maximum absolute atomic E-state index is 11.1. The van der Waals surface area contributed by atoms with E-state index in [9.17, 15) is 4.79 Å². The van der Waals surface area contributed by atoms with Gasteiger partial charge >= 0.3 is 0 Å². The minimum absolute atomic E-state index is 0.123. The van der Waals surface area contributed by atoms with Gasteiger partial charge in [0.1, 0.15) is 0 Å². The third-order valence-electron chi connectivity index (χ3n) is 1.61. The molecule has 0 saturated heterocycles. The molecule has 0 rings (SSSR count). The smallest absolute Gasteiger partial charge is 0.249 e. The number of carbonyl (C=O) groups is 1. The monoisotopic (exact) mass is 157 g/mol. The molecule has 0 aliphatic carbocycles. The maximum Gasteiger partial charge on any atom is 0.249 e. The third kappa shape index (κ3) is 3.18. The van der Waals surface area contributed by atoms with Crippen LogP contribution in [0.25, 0.3) is 0 Å². The Morgan fingerprint density at radius 1 is 1.82 bits per heavy atom. The van der Waals surface area contributed by atoms with E-state index in [1.54, 1.807) is 6.08 Å². The summed E-state index contributed by atoms with van der Waals surface area (Å²) in [5.74, 6) is -0.366. The predicted octanol–water partition coefficient (Wildman–Crippen LogP) is 1.44. The fraction of sp³-hybridized carbons (Fsp3) is 0.625. The Morgan fingerprint density at radius 2 is 2.36 bits per heavy atom.